The van der Waals surface area contributed by atoms with E-state index in [4.69, 9.17) is 14.7 Å². The molecule has 6 rings (SSSR count). The number of ether oxygens (including phenoxy) is 1. The average Bonchev–Trinajstić information content (AvgIpc) is 3.22. The predicted molar refractivity (Wildman–Crippen MR) is 133 cm³/mol. The van der Waals surface area contributed by atoms with Crippen LogP contribution in [-0.4, -0.2) is 71.8 Å². The molecule has 1 saturated carbocycles. The molecule has 5 heterocycles. The topological polar surface area (TPSA) is 141 Å². The molecule has 188 valence electrons. The van der Waals surface area contributed by atoms with Crippen LogP contribution in [0.2, 0.25) is 0 Å². The third kappa shape index (κ3) is 4.46. The van der Waals surface area contributed by atoms with Gasteiger partial charge in [-0.2, -0.15) is 9.61 Å². The number of carbonyl (C=O) groups excluding carboxylic acids is 1. The van der Waals surface area contributed by atoms with Crippen molar-refractivity contribution >= 4 is 29.4 Å². The Morgan fingerprint density at radius 1 is 1.28 bits per heavy atom. The standard InChI is InChI=1S/C24H27N7O4S/c1-12-10-30(11-13(2)35-12)23(33)19-6-5-18(36-19)16-8-20(26-15-3-4-15)31-21(27-16)14(9-25-31)7-17-22(32)29-24(34)28-17/h6-9,12-13,15,18,32H,3-5,10-11H2,1-2H3,(H2,28,29,34). The van der Waals surface area contributed by atoms with Crippen LogP contribution in [-0.2, 0) is 9.53 Å². The van der Waals surface area contributed by atoms with E-state index >= 15 is 0 Å². The van der Waals surface area contributed by atoms with Gasteiger partial charge in [0.2, 0.25) is 5.88 Å². The van der Waals surface area contributed by atoms with Crippen LogP contribution in [0.15, 0.2) is 33.0 Å². The number of rotatable bonds is 4. The molecular formula is C24H27N7O4S. The van der Waals surface area contributed by atoms with Gasteiger partial charge in [-0.05, 0) is 39.2 Å². The van der Waals surface area contributed by atoms with Crippen LogP contribution in [0, 0.1) is 0 Å². The van der Waals surface area contributed by atoms with Crippen LogP contribution in [0.25, 0.3) is 11.7 Å². The molecule has 1 amide bonds. The Balaban J connectivity index is 1.34. The molecule has 36 heavy (non-hydrogen) atoms. The number of imidazole rings is 1. The quantitative estimate of drug-likeness (QED) is 0.472. The van der Waals surface area contributed by atoms with Crippen molar-refractivity contribution in [2.75, 3.05) is 13.1 Å². The van der Waals surface area contributed by atoms with E-state index in [9.17, 15) is 14.7 Å². The molecule has 2 fully saturated rings. The van der Waals surface area contributed by atoms with Gasteiger partial charge in [-0.25, -0.2) is 9.78 Å². The fourth-order valence-electron chi connectivity index (χ4n) is 4.66. The molecule has 3 aromatic heterocycles. The summed E-state index contributed by atoms with van der Waals surface area (Å²) < 4.78 is 7.46. The van der Waals surface area contributed by atoms with Crippen LogP contribution in [0.3, 0.4) is 0 Å². The summed E-state index contributed by atoms with van der Waals surface area (Å²) in [7, 11) is 0. The smallest absolute Gasteiger partial charge is 0.326 e. The number of fused-ring (bicyclic) bond motifs is 1. The van der Waals surface area contributed by atoms with E-state index in [1.807, 2.05) is 30.9 Å². The number of nitrogens with one attached hydrogen (secondary N) is 2. The van der Waals surface area contributed by atoms with Gasteiger partial charge in [-0.3, -0.25) is 14.8 Å². The molecule has 0 radical (unpaired) electrons. The summed E-state index contributed by atoms with van der Waals surface area (Å²) in [6.45, 7) is 5.15. The molecule has 3 N–H and O–H groups in total. The molecule has 2 aliphatic heterocycles. The maximum absolute atomic E-state index is 13.2. The molecule has 0 spiro atoms. The van der Waals surface area contributed by atoms with E-state index < -0.39 is 5.69 Å². The molecule has 1 aliphatic carbocycles. The second-order valence-corrected chi connectivity index (χ2v) is 10.8. The lowest BCUT2D eigenvalue weighted by atomic mass is 10.2. The normalized spacial score (nSPS) is 25.7. The van der Waals surface area contributed by atoms with Gasteiger partial charge >= 0.3 is 5.69 Å². The predicted octanol–water partition coefficient (Wildman–Crippen LogP) is 0.760. The van der Waals surface area contributed by atoms with Crippen molar-refractivity contribution in [2.45, 2.75) is 56.6 Å². The van der Waals surface area contributed by atoms with E-state index in [2.05, 4.69) is 15.1 Å². The number of hydrogen-bond acceptors (Lipinski definition) is 8. The number of carbonyl (C=O) groups is 1. The van der Waals surface area contributed by atoms with E-state index in [0.29, 0.717) is 35.9 Å². The van der Waals surface area contributed by atoms with Crippen molar-refractivity contribution in [3.05, 3.63) is 55.8 Å². The number of aromatic hydroxyl groups is 1. The number of morpholine rings is 1. The van der Waals surface area contributed by atoms with Gasteiger partial charge in [0.15, 0.2) is 11.1 Å². The zero-order valence-corrected chi connectivity index (χ0v) is 20.8. The lowest BCUT2D eigenvalue weighted by Crippen LogP contribution is -2.48. The van der Waals surface area contributed by atoms with Crippen molar-refractivity contribution in [3.8, 4) is 5.88 Å². The molecule has 11 nitrogen and oxygen atoms in total. The van der Waals surface area contributed by atoms with Crippen molar-refractivity contribution in [2.24, 2.45) is 4.99 Å². The Hall–Kier alpha value is -3.38. The Morgan fingerprint density at radius 3 is 2.75 bits per heavy atom. The Labute approximate surface area is 210 Å². The molecular weight excluding hydrogens is 482 g/mol. The lowest BCUT2D eigenvalue weighted by Gasteiger charge is -2.35. The van der Waals surface area contributed by atoms with Crippen LogP contribution < -0.4 is 16.4 Å². The summed E-state index contributed by atoms with van der Waals surface area (Å²) >= 11 is 1.53. The number of thioether (sulfide) groups is 1. The minimum atomic E-state index is -0.497. The highest BCUT2D eigenvalue weighted by Crippen LogP contribution is 2.43. The first-order valence-electron chi connectivity index (χ1n) is 12.1. The highest BCUT2D eigenvalue weighted by molar-refractivity contribution is 8.04. The van der Waals surface area contributed by atoms with Crippen LogP contribution in [0.1, 0.15) is 49.7 Å². The largest absolute Gasteiger partial charge is 0.493 e. The van der Waals surface area contributed by atoms with Gasteiger partial charge in [-0.1, -0.05) is 6.08 Å². The molecule has 1 saturated heterocycles. The zero-order chi connectivity index (χ0) is 25.0. The van der Waals surface area contributed by atoms with Crippen molar-refractivity contribution in [1.82, 2.24) is 29.5 Å². The molecule has 3 atom stereocenters. The summed E-state index contributed by atoms with van der Waals surface area (Å²) in [6.07, 6.45) is 8.08. The molecule has 3 aromatic rings. The SMILES string of the molecule is CC1CN(C(=O)C2=CCC(c3cc(=NC4CC4)n4ncc(=Cc5[nH]c(=O)[nH]c5O)c4n3)S2)CC(C)O1. The lowest BCUT2D eigenvalue weighted by molar-refractivity contribution is -0.138. The van der Waals surface area contributed by atoms with Crippen LogP contribution in [0.4, 0.5) is 0 Å². The molecule has 0 bridgehead atoms. The third-order valence-electron chi connectivity index (χ3n) is 6.43. The second kappa shape index (κ2) is 8.93. The fraction of sp³-hybridized carbons (Fsp3) is 0.458. The average molecular weight is 510 g/mol. The first-order chi connectivity index (χ1) is 17.3. The van der Waals surface area contributed by atoms with Gasteiger partial charge in [0.05, 0.1) is 40.3 Å². The van der Waals surface area contributed by atoms with Crippen LogP contribution >= 0.6 is 11.8 Å². The maximum atomic E-state index is 13.2. The number of hydrogen-bond donors (Lipinski definition) is 3. The number of H-pyrrole nitrogens is 2. The van der Waals surface area contributed by atoms with E-state index in [1.165, 1.54) is 11.8 Å². The highest BCUT2D eigenvalue weighted by atomic mass is 32.2. The summed E-state index contributed by atoms with van der Waals surface area (Å²) in [5.41, 5.74) is 1.85. The minimum absolute atomic E-state index is 0.0158. The zero-order valence-electron chi connectivity index (χ0n) is 20.0. The highest BCUT2D eigenvalue weighted by Gasteiger charge is 2.32. The van der Waals surface area contributed by atoms with E-state index in [-0.39, 0.29) is 41.0 Å². The Kier molecular flexibility index (Phi) is 5.72. The van der Waals surface area contributed by atoms with Gasteiger partial charge < -0.3 is 19.7 Å². The number of nitrogens with zero attached hydrogens (tertiary/aromatic N) is 5. The summed E-state index contributed by atoms with van der Waals surface area (Å²) in [5, 5.41) is 15.1. The number of amides is 1. The first kappa shape index (κ1) is 23.0. The first-order valence-corrected chi connectivity index (χ1v) is 13.0. The van der Waals surface area contributed by atoms with Gasteiger partial charge in [0, 0.05) is 24.4 Å². The number of allylic oxidation sites excluding steroid dienone is 1. The molecule has 3 aliphatic rings. The second-order valence-electron chi connectivity index (χ2n) is 9.60. The van der Waals surface area contributed by atoms with Crippen molar-refractivity contribution < 1.29 is 14.6 Å². The van der Waals surface area contributed by atoms with Gasteiger partial charge in [0.1, 0.15) is 5.69 Å². The minimum Gasteiger partial charge on any atom is -0.493 e. The third-order valence-corrected chi connectivity index (χ3v) is 7.74. The van der Waals surface area contributed by atoms with E-state index in [0.717, 1.165) is 23.4 Å². The number of aromatic nitrogens is 5. The van der Waals surface area contributed by atoms with E-state index in [1.54, 1.807) is 16.8 Å². The molecule has 0 aromatic carbocycles. The summed E-state index contributed by atoms with van der Waals surface area (Å²) in [4.78, 5) is 42.0. The van der Waals surface area contributed by atoms with Crippen LogP contribution in [0.5, 0.6) is 5.88 Å². The number of aromatic amines is 2. The van der Waals surface area contributed by atoms with Gasteiger partial charge in [0.25, 0.3) is 5.91 Å². The molecule has 3 unspecified atom stereocenters. The monoisotopic (exact) mass is 509 g/mol. The summed E-state index contributed by atoms with van der Waals surface area (Å²) in [5.74, 6) is -0.206. The summed E-state index contributed by atoms with van der Waals surface area (Å²) in [6, 6.07) is 2.23. The fourth-order valence-corrected chi connectivity index (χ4v) is 5.82. The maximum Gasteiger partial charge on any atom is 0.326 e. The Bertz CT molecular complexity index is 1540. The Morgan fingerprint density at radius 2 is 2.06 bits per heavy atom. The van der Waals surface area contributed by atoms with Gasteiger partial charge in [-0.15, -0.1) is 11.8 Å². The van der Waals surface area contributed by atoms with Crippen molar-refractivity contribution in [1.29, 1.82) is 0 Å². The van der Waals surface area contributed by atoms with Crippen molar-refractivity contribution in [3.63, 3.8) is 0 Å². The molecule has 12 heteroatoms.